The van der Waals surface area contributed by atoms with Crippen molar-refractivity contribution in [3.05, 3.63) is 23.2 Å². The van der Waals surface area contributed by atoms with Crippen molar-refractivity contribution in [1.82, 2.24) is 0 Å². The summed E-state index contributed by atoms with van der Waals surface area (Å²) in [5, 5.41) is 0.343. The maximum absolute atomic E-state index is 12.0. The smallest absolute Gasteiger partial charge is 0.237 e. The highest BCUT2D eigenvalue weighted by Gasteiger charge is 2.43. The topological polar surface area (TPSA) is 63.4 Å². The van der Waals surface area contributed by atoms with E-state index in [1.807, 2.05) is 0 Å². The van der Waals surface area contributed by atoms with Crippen molar-refractivity contribution in [3.8, 4) is 0 Å². The summed E-state index contributed by atoms with van der Waals surface area (Å²) in [5.74, 6) is -0.968. The summed E-state index contributed by atoms with van der Waals surface area (Å²) in [6.07, 6.45) is 0. The summed E-state index contributed by atoms with van der Waals surface area (Å²) >= 11 is 5.89. The van der Waals surface area contributed by atoms with E-state index in [-0.39, 0.29) is 23.7 Å². The van der Waals surface area contributed by atoms with Crippen LogP contribution in [0.25, 0.3) is 0 Å². The molecular formula is C12H13ClN2O2. The van der Waals surface area contributed by atoms with Crippen molar-refractivity contribution in [2.24, 2.45) is 11.8 Å². The SMILES string of the molecule is CC1C(=O)N(c2ccc(N)c(Cl)c2)C(=O)C1C. The number of nitrogens with zero attached hydrogens (tertiary/aromatic N) is 1. The van der Waals surface area contributed by atoms with Crippen LogP contribution in [0.3, 0.4) is 0 Å². The lowest BCUT2D eigenvalue weighted by molar-refractivity contribution is -0.122. The normalized spacial score (nSPS) is 24.5. The second-order valence-corrected chi connectivity index (χ2v) is 4.70. The lowest BCUT2D eigenvalue weighted by atomic mass is 10.00. The van der Waals surface area contributed by atoms with Crippen molar-refractivity contribution in [1.29, 1.82) is 0 Å². The second-order valence-electron chi connectivity index (χ2n) is 4.30. The lowest BCUT2D eigenvalue weighted by Gasteiger charge is -2.15. The first-order valence-corrected chi connectivity index (χ1v) is 5.74. The number of hydrogen-bond donors (Lipinski definition) is 1. The van der Waals surface area contributed by atoms with E-state index in [1.165, 1.54) is 11.0 Å². The Hall–Kier alpha value is -1.55. The Morgan fingerprint density at radius 2 is 1.71 bits per heavy atom. The van der Waals surface area contributed by atoms with Gasteiger partial charge in [-0.25, -0.2) is 0 Å². The number of carbonyl (C=O) groups is 2. The summed E-state index contributed by atoms with van der Waals surface area (Å²) in [5.41, 5.74) is 6.50. The summed E-state index contributed by atoms with van der Waals surface area (Å²) in [6, 6.07) is 4.76. The summed E-state index contributed by atoms with van der Waals surface area (Å²) in [4.78, 5) is 25.1. The molecule has 0 saturated carbocycles. The molecule has 0 radical (unpaired) electrons. The first-order chi connectivity index (χ1) is 7.93. The van der Waals surface area contributed by atoms with E-state index in [2.05, 4.69) is 0 Å². The predicted octanol–water partition coefficient (Wildman–Crippen LogP) is 2.07. The van der Waals surface area contributed by atoms with Gasteiger partial charge >= 0.3 is 0 Å². The van der Waals surface area contributed by atoms with Crippen LogP contribution in [0.2, 0.25) is 5.02 Å². The fourth-order valence-corrected chi connectivity index (χ4v) is 2.03. The number of imide groups is 1. The fraction of sp³-hybridized carbons (Fsp3) is 0.333. The van der Waals surface area contributed by atoms with E-state index in [1.54, 1.807) is 26.0 Å². The van der Waals surface area contributed by atoms with Gasteiger partial charge in [-0.1, -0.05) is 25.4 Å². The first-order valence-electron chi connectivity index (χ1n) is 5.36. The molecule has 0 aromatic heterocycles. The molecule has 1 aromatic rings. The molecule has 1 aromatic carbocycles. The van der Waals surface area contributed by atoms with Gasteiger partial charge in [0.05, 0.1) is 16.4 Å². The van der Waals surface area contributed by atoms with E-state index >= 15 is 0 Å². The maximum atomic E-state index is 12.0. The third-order valence-corrected chi connectivity index (χ3v) is 3.54. The number of anilines is 2. The van der Waals surface area contributed by atoms with Crippen LogP contribution < -0.4 is 10.6 Å². The maximum Gasteiger partial charge on any atom is 0.237 e. The molecule has 1 heterocycles. The number of hydrogen-bond acceptors (Lipinski definition) is 3. The highest BCUT2D eigenvalue weighted by atomic mass is 35.5. The molecule has 1 aliphatic rings. The van der Waals surface area contributed by atoms with E-state index in [0.29, 0.717) is 16.4 Å². The minimum Gasteiger partial charge on any atom is -0.398 e. The van der Waals surface area contributed by atoms with Gasteiger partial charge in [-0.15, -0.1) is 0 Å². The molecule has 1 saturated heterocycles. The largest absolute Gasteiger partial charge is 0.398 e. The van der Waals surface area contributed by atoms with Gasteiger partial charge in [0.2, 0.25) is 11.8 Å². The minimum atomic E-state index is -0.293. The van der Waals surface area contributed by atoms with Crippen molar-refractivity contribution in [2.45, 2.75) is 13.8 Å². The number of halogens is 1. The van der Waals surface area contributed by atoms with Crippen molar-refractivity contribution < 1.29 is 9.59 Å². The Bertz CT molecular complexity index is 481. The molecule has 1 fully saturated rings. The molecule has 2 N–H and O–H groups in total. The highest BCUT2D eigenvalue weighted by molar-refractivity contribution is 6.33. The molecule has 17 heavy (non-hydrogen) atoms. The molecule has 5 heteroatoms. The van der Waals surface area contributed by atoms with E-state index in [4.69, 9.17) is 17.3 Å². The van der Waals surface area contributed by atoms with E-state index < -0.39 is 0 Å². The molecule has 2 atom stereocenters. The molecule has 2 amide bonds. The van der Waals surface area contributed by atoms with Gasteiger partial charge in [0.25, 0.3) is 0 Å². The van der Waals surface area contributed by atoms with Crippen LogP contribution in [0.15, 0.2) is 18.2 Å². The summed E-state index contributed by atoms with van der Waals surface area (Å²) in [7, 11) is 0. The molecule has 2 rings (SSSR count). The Labute approximate surface area is 104 Å². The number of carbonyl (C=O) groups excluding carboxylic acids is 2. The number of nitrogens with two attached hydrogens (primary N) is 1. The molecule has 1 aliphatic heterocycles. The Morgan fingerprint density at radius 1 is 1.18 bits per heavy atom. The van der Waals surface area contributed by atoms with Crippen molar-refractivity contribution in [2.75, 3.05) is 10.6 Å². The zero-order valence-electron chi connectivity index (χ0n) is 9.61. The van der Waals surface area contributed by atoms with Crippen LogP contribution in [-0.2, 0) is 9.59 Å². The number of benzene rings is 1. The zero-order chi connectivity index (χ0) is 12.7. The van der Waals surface area contributed by atoms with Crippen LogP contribution in [-0.4, -0.2) is 11.8 Å². The number of nitrogen functional groups attached to an aromatic ring is 1. The predicted molar refractivity (Wildman–Crippen MR) is 66.7 cm³/mol. The number of rotatable bonds is 1. The molecule has 4 nitrogen and oxygen atoms in total. The molecule has 90 valence electrons. The third-order valence-electron chi connectivity index (χ3n) is 3.21. The fourth-order valence-electron chi connectivity index (χ4n) is 1.85. The quantitative estimate of drug-likeness (QED) is 0.615. The van der Waals surface area contributed by atoms with Crippen LogP contribution in [0.4, 0.5) is 11.4 Å². The van der Waals surface area contributed by atoms with Crippen LogP contribution in [0.5, 0.6) is 0 Å². The number of amides is 2. The van der Waals surface area contributed by atoms with Crippen LogP contribution >= 0.6 is 11.6 Å². The van der Waals surface area contributed by atoms with Crippen LogP contribution in [0, 0.1) is 11.8 Å². The van der Waals surface area contributed by atoms with Gasteiger partial charge in [-0.2, -0.15) is 0 Å². The Kier molecular flexibility index (Phi) is 2.83. The van der Waals surface area contributed by atoms with Crippen molar-refractivity contribution in [3.63, 3.8) is 0 Å². The highest BCUT2D eigenvalue weighted by Crippen LogP contribution is 2.33. The lowest BCUT2D eigenvalue weighted by Crippen LogP contribution is -2.30. The summed E-state index contributed by atoms with van der Waals surface area (Å²) < 4.78 is 0. The van der Waals surface area contributed by atoms with Gasteiger partial charge in [0.15, 0.2) is 0 Å². The molecule has 2 unspecified atom stereocenters. The Balaban J connectivity index is 2.43. The second kappa shape index (κ2) is 4.04. The monoisotopic (exact) mass is 252 g/mol. The van der Waals surface area contributed by atoms with Crippen molar-refractivity contribution >= 4 is 34.8 Å². The first kappa shape index (κ1) is 11.9. The average molecular weight is 253 g/mol. The summed E-state index contributed by atoms with van der Waals surface area (Å²) in [6.45, 7) is 3.51. The minimum absolute atomic E-state index is 0.191. The third kappa shape index (κ3) is 1.78. The van der Waals surface area contributed by atoms with Gasteiger partial charge < -0.3 is 5.73 Å². The molecular weight excluding hydrogens is 240 g/mol. The van der Waals surface area contributed by atoms with Gasteiger partial charge in [0, 0.05) is 11.8 Å². The van der Waals surface area contributed by atoms with Gasteiger partial charge in [0.1, 0.15) is 0 Å². The standard InChI is InChI=1S/C12H13ClN2O2/c1-6-7(2)12(17)15(11(6)16)8-3-4-10(14)9(13)5-8/h3-7H,14H2,1-2H3. The van der Waals surface area contributed by atoms with Gasteiger partial charge in [-0.3, -0.25) is 14.5 Å². The van der Waals surface area contributed by atoms with Gasteiger partial charge in [-0.05, 0) is 18.2 Å². The molecule has 0 bridgehead atoms. The zero-order valence-corrected chi connectivity index (χ0v) is 10.4. The van der Waals surface area contributed by atoms with E-state index in [0.717, 1.165) is 0 Å². The van der Waals surface area contributed by atoms with Crippen LogP contribution in [0.1, 0.15) is 13.8 Å². The molecule has 0 aliphatic carbocycles. The average Bonchev–Trinajstić information content (AvgIpc) is 2.48. The molecule has 0 spiro atoms. The van der Waals surface area contributed by atoms with E-state index in [9.17, 15) is 9.59 Å². The Morgan fingerprint density at radius 3 is 2.18 bits per heavy atom.